The number of fused-ring (bicyclic) bond motifs is 1. The molecule has 3 heterocycles. The summed E-state index contributed by atoms with van der Waals surface area (Å²) in [5.74, 6) is 0.138. The van der Waals surface area contributed by atoms with Crippen LogP contribution in [0.5, 0.6) is 0 Å². The summed E-state index contributed by atoms with van der Waals surface area (Å²) in [5, 5.41) is 0. The second-order valence-electron chi connectivity index (χ2n) is 5.68. The van der Waals surface area contributed by atoms with E-state index in [9.17, 15) is 4.79 Å². The predicted octanol–water partition coefficient (Wildman–Crippen LogP) is 3.33. The molecule has 4 nitrogen and oxygen atoms in total. The highest BCUT2D eigenvalue weighted by Gasteiger charge is 2.23. The Morgan fingerprint density at radius 3 is 2.48 bits per heavy atom. The van der Waals surface area contributed by atoms with Gasteiger partial charge in [-0.15, -0.1) is 0 Å². The third-order valence-electron chi connectivity index (χ3n) is 4.22. The molecule has 0 saturated carbocycles. The molecule has 0 fully saturated rings. The number of nitrogens with zero attached hydrogens (tertiary/aromatic N) is 3. The van der Waals surface area contributed by atoms with Crippen LogP contribution in [0.3, 0.4) is 0 Å². The van der Waals surface area contributed by atoms with Crippen molar-refractivity contribution in [2.45, 2.75) is 6.42 Å². The Morgan fingerprint density at radius 2 is 1.70 bits per heavy atom. The largest absolute Gasteiger partial charge is 0.315 e. The zero-order chi connectivity index (χ0) is 15.8. The standard InChI is InChI=1S/C19H15N3O/c1-22-18-5-4-13(7-15(18)9-19(22)23)16-8-17(12-21-11-16)14-3-2-6-20-10-14/h2-8,10-12H,9H2,1H3. The summed E-state index contributed by atoms with van der Waals surface area (Å²) in [6, 6.07) is 12.2. The molecule has 0 radical (unpaired) electrons. The molecule has 4 heteroatoms. The van der Waals surface area contributed by atoms with Gasteiger partial charge in [-0.1, -0.05) is 12.1 Å². The fraction of sp³-hybridized carbons (Fsp3) is 0.105. The number of rotatable bonds is 2. The normalized spacial score (nSPS) is 13.3. The second-order valence-corrected chi connectivity index (χ2v) is 5.68. The van der Waals surface area contributed by atoms with Gasteiger partial charge in [-0.3, -0.25) is 14.8 Å². The number of hydrogen-bond acceptors (Lipinski definition) is 3. The maximum Gasteiger partial charge on any atom is 0.231 e. The first kappa shape index (κ1) is 13.6. The van der Waals surface area contributed by atoms with Gasteiger partial charge >= 0.3 is 0 Å². The minimum absolute atomic E-state index is 0.138. The van der Waals surface area contributed by atoms with Gasteiger partial charge in [-0.05, 0) is 35.4 Å². The Balaban J connectivity index is 1.75. The molecule has 0 saturated heterocycles. The number of pyridine rings is 2. The van der Waals surface area contributed by atoms with Crippen LogP contribution in [0.25, 0.3) is 22.3 Å². The van der Waals surface area contributed by atoms with Gasteiger partial charge in [-0.25, -0.2) is 0 Å². The molecular formula is C19H15N3O. The molecule has 0 unspecified atom stereocenters. The van der Waals surface area contributed by atoms with Crippen molar-refractivity contribution in [3.63, 3.8) is 0 Å². The zero-order valence-electron chi connectivity index (χ0n) is 12.7. The maximum atomic E-state index is 11.8. The van der Waals surface area contributed by atoms with E-state index in [1.165, 1.54) is 0 Å². The molecule has 1 amide bonds. The topological polar surface area (TPSA) is 46.1 Å². The third kappa shape index (κ3) is 2.38. The fourth-order valence-electron chi connectivity index (χ4n) is 2.94. The molecular weight excluding hydrogens is 286 g/mol. The van der Waals surface area contributed by atoms with E-state index in [0.717, 1.165) is 33.5 Å². The third-order valence-corrected chi connectivity index (χ3v) is 4.22. The minimum Gasteiger partial charge on any atom is -0.315 e. The summed E-state index contributed by atoms with van der Waals surface area (Å²) < 4.78 is 0. The van der Waals surface area contributed by atoms with Gasteiger partial charge in [-0.2, -0.15) is 0 Å². The molecule has 0 bridgehead atoms. The fourth-order valence-corrected chi connectivity index (χ4v) is 2.94. The van der Waals surface area contributed by atoms with Crippen LogP contribution in [-0.2, 0) is 11.2 Å². The molecule has 4 rings (SSSR count). The van der Waals surface area contributed by atoms with Gasteiger partial charge in [0.1, 0.15) is 0 Å². The van der Waals surface area contributed by atoms with E-state index in [1.54, 1.807) is 11.1 Å². The Hall–Kier alpha value is -3.01. The maximum absolute atomic E-state index is 11.8. The van der Waals surface area contributed by atoms with Crippen molar-refractivity contribution >= 4 is 11.6 Å². The summed E-state index contributed by atoms with van der Waals surface area (Å²) in [4.78, 5) is 22.0. The molecule has 0 N–H and O–H groups in total. The number of carbonyl (C=O) groups is 1. The molecule has 112 valence electrons. The molecule has 1 aliphatic rings. The average Bonchev–Trinajstić information content (AvgIpc) is 2.89. The Kier molecular flexibility index (Phi) is 3.15. The van der Waals surface area contributed by atoms with Crippen molar-refractivity contribution < 1.29 is 4.79 Å². The second kappa shape index (κ2) is 5.32. The lowest BCUT2D eigenvalue weighted by Gasteiger charge is -2.11. The van der Waals surface area contributed by atoms with Gasteiger partial charge in [0.15, 0.2) is 0 Å². The van der Waals surface area contributed by atoms with Crippen LogP contribution in [0.1, 0.15) is 5.56 Å². The van der Waals surface area contributed by atoms with Crippen molar-refractivity contribution in [3.05, 3.63) is 66.7 Å². The van der Waals surface area contributed by atoms with E-state index in [4.69, 9.17) is 0 Å². The average molecular weight is 301 g/mol. The number of benzene rings is 1. The number of aromatic nitrogens is 2. The molecule has 0 aliphatic carbocycles. The first-order valence-corrected chi connectivity index (χ1v) is 7.48. The van der Waals surface area contributed by atoms with Crippen molar-refractivity contribution in [1.82, 2.24) is 9.97 Å². The van der Waals surface area contributed by atoms with Crippen molar-refractivity contribution in [1.29, 1.82) is 0 Å². The van der Waals surface area contributed by atoms with Crippen LogP contribution < -0.4 is 4.90 Å². The van der Waals surface area contributed by atoms with Crippen molar-refractivity contribution in [2.24, 2.45) is 0 Å². The monoisotopic (exact) mass is 301 g/mol. The Bertz CT molecular complexity index is 890. The number of anilines is 1. The van der Waals surface area contributed by atoms with E-state index in [1.807, 2.05) is 49.9 Å². The zero-order valence-corrected chi connectivity index (χ0v) is 12.7. The Labute approximate surface area is 134 Å². The number of amides is 1. The molecule has 0 atom stereocenters. The Morgan fingerprint density at radius 1 is 0.913 bits per heavy atom. The summed E-state index contributed by atoms with van der Waals surface area (Å²) in [5.41, 5.74) is 6.25. The number of carbonyl (C=O) groups excluding carboxylic acids is 1. The van der Waals surface area contributed by atoms with Crippen LogP contribution >= 0.6 is 0 Å². The van der Waals surface area contributed by atoms with Crippen LogP contribution in [-0.4, -0.2) is 22.9 Å². The van der Waals surface area contributed by atoms with E-state index < -0.39 is 0 Å². The van der Waals surface area contributed by atoms with Gasteiger partial charge < -0.3 is 4.90 Å². The quantitative estimate of drug-likeness (QED) is 0.729. The van der Waals surface area contributed by atoms with E-state index in [-0.39, 0.29) is 5.91 Å². The molecule has 2 aromatic heterocycles. The summed E-state index contributed by atoms with van der Waals surface area (Å²) >= 11 is 0. The van der Waals surface area contributed by atoms with Gasteiger partial charge in [0.2, 0.25) is 5.91 Å². The first-order valence-electron chi connectivity index (χ1n) is 7.48. The SMILES string of the molecule is CN1C(=O)Cc2cc(-c3cncc(-c4cccnc4)c3)ccc21. The van der Waals surface area contributed by atoms with Crippen LogP contribution in [0, 0.1) is 0 Å². The van der Waals surface area contributed by atoms with Crippen molar-refractivity contribution in [3.8, 4) is 22.3 Å². The summed E-state index contributed by atoms with van der Waals surface area (Å²) in [7, 11) is 1.82. The predicted molar refractivity (Wildman–Crippen MR) is 90.0 cm³/mol. The van der Waals surface area contributed by atoms with E-state index >= 15 is 0 Å². The van der Waals surface area contributed by atoms with Gasteiger partial charge in [0.25, 0.3) is 0 Å². The molecule has 0 spiro atoms. The first-order chi connectivity index (χ1) is 11.2. The molecule has 3 aromatic rings. The highest BCUT2D eigenvalue weighted by molar-refractivity contribution is 6.01. The van der Waals surface area contributed by atoms with Gasteiger partial charge in [0, 0.05) is 54.2 Å². The summed E-state index contributed by atoms with van der Waals surface area (Å²) in [6.07, 6.45) is 7.74. The minimum atomic E-state index is 0.138. The van der Waals surface area contributed by atoms with Crippen LogP contribution in [0.4, 0.5) is 5.69 Å². The lowest BCUT2D eigenvalue weighted by atomic mass is 10.0. The lowest BCUT2D eigenvalue weighted by molar-refractivity contribution is -0.117. The molecule has 23 heavy (non-hydrogen) atoms. The van der Waals surface area contributed by atoms with Gasteiger partial charge in [0.05, 0.1) is 6.42 Å². The highest BCUT2D eigenvalue weighted by atomic mass is 16.2. The van der Waals surface area contributed by atoms with E-state index in [0.29, 0.717) is 6.42 Å². The summed E-state index contributed by atoms with van der Waals surface area (Å²) in [6.45, 7) is 0. The van der Waals surface area contributed by atoms with Crippen LogP contribution in [0.15, 0.2) is 61.2 Å². The lowest BCUT2D eigenvalue weighted by Crippen LogP contribution is -2.20. The van der Waals surface area contributed by atoms with Crippen molar-refractivity contribution in [2.75, 3.05) is 11.9 Å². The van der Waals surface area contributed by atoms with Crippen LogP contribution in [0.2, 0.25) is 0 Å². The number of hydrogen-bond donors (Lipinski definition) is 0. The molecule has 1 aromatic carbocycles. The smallest absolute Gasteiger partial charge is 0.231 e. The van der Waals surface area contributed by atoms with E-state index in [2.05, 4.69) is 22.1 Å². The molecule has 1 aliphatic heterocycles. The number of likely N-dealkylation sites (N-methyl/N-ethyl adjacent to an activating group) is 1. The highest BCUT2D eigenvalue weighted by Crippen LogP contribution is 2.32.